The Kier molecular flexibility index (Phi) is 6.03. The Hall–Kier alpha value is -4.06. The quantitative estimate of drug-likeness (QED) is 0.317. The smallest absolute Gasteiger partial charge is 0.259 e. The summed E-state index contributed by atoms with van der Waals surface area (Å²) >= 11 is 0. The summed E-state index contributed by atoms with van der Waals surface area (Å²) in [5.74, 6) is 0.481. The normalized spacial score (nSPS) is 13.0. The van der Waals surface area contributed by atoms with Crippen LogP contribution in [0.1, 0.15) is 51.0 Å². The zero-order valence-corrected chi connectivity index (χ0v) is 20.1. The molecule has 0 bridgehead atoms. The molecule has 3 aromatic carbocycles. The lowest BCUT2D eigenvalue weighted by Gasteiger charge is -2.14. The Morgan fingerprint density at radius 2 is 1.60 bits per heavy atom. The van der Waals surface area contributed by atoms with Crippen LogP contribution < -0.4 is 14.8 Å². The second-order valence-electron chi connectivity index (χ2n) is 8.95. The van der Waals surface area contributed by atoms with Gasteiger partial charge in [0.05, 0.1) is 18.4 Å². The lowest BCUT2D eigenvalue weighted by molar-refractivity contribution is 0.0913. The Bertz CT molecular complexity index is 1430. The van der Waals surface area contributed by atoms with E-state index in [-0.39, 0.29) is 18.3 Å². The van der Waals surface area contributed by atoms with Gasteiger partial charge in [0.15, 0.2) is 6.61 Å². The number of carbonyl (C=O) groups is 2. The third kappa shape index (κ3) is 4.52. The van der Waals surface area contributed by atoms with Crippen LogP contribution in [0.25, 0.3) is 10.8 Å². The molecule has 0 saturated heterocycles. The SMILES string of the molecule is COc1ccccc1NC(=O)c1cc2ccccc2cc1OCC(=O)c1cc(C)n(C2CC2)c1C. The Labute approximate surface area is 204 Å². The van der Waals surface area contributed by atoms with Crippen LogP contribution in [0.4, 0.5) is 5.69 Å². The molecule has 4 aromatic rings. The summed E-state index contributed by atoms with van der Waals surface area (Å²) < 4.78 is 13.6. The van der Waals surface area contributed by atoms with E-state index >= 15 is 0 Å². The lowest BCUT2D eigenvalue weighted by Crippen LogP contribution is -2.17. The minimum absolute atomic E-state index is 0.103. The molecule has 0 radical (unpaired) electrons. The van der Waals surface area contributed by atoms with Crippen molar-refractivity contribution in [3.63, 3.8) is 0 Å². The van der Waals surface area contributed by atoms with E-state index in [1.807, 2.05) is 62.4 Å². The van der Waals surface area contributed by atoms with Crippen molar-refractivity contribution in [2.45, 2.75) is 32.7 Å². The zero-order valence-electron chi connectivity index (χ0n) is 20.1. The van der Waals surface area contributed by atoms with Gasteiger partial charge < -0.3 is 19.4 Å². The standard InChI is InChI=1S/C29H28N2O4/c1-18-14-23(19(2)31(18)22-12-13-22)26(32)17-35-28-16-21-9-5-4-8-20(21)15-24(28)29(33)30-25-10-6-7-11-27(25)34-3/h4-11,14-16,22H,12-13,17H2,1-3H3,(H,30,33). The first kappa shape index (κ1) is 22.7. The zero-order chi connectivity index (χ0) is 24.5. The highest BCUT2D eigenvalue weighted by atomic mass is 16.5. The molecule has 1 aliphatic carbocycles. The summed E-state index contributed by atoms with van der Waals surface area (Å²) in [6, 6.07) is 21.0. The van der Waals surface area contributed by atoms with Gasteiger partial charge >= 0.3 is 0 Å². The number of nitrogens with zero attached hydrogens (tertiary/aromatic N) is 1. The predicted octanol–water partition coefficient (Wildman–Crippen LogP) is 6.12. The number of benzene rings is 3. The van der Waals surface area contributed by atoms with Crippen molar-refractivity contribution in [3.05, 3.63) is 89.2 Å². The molecular formula is C29H28N2O4. The number of aryl methyl sites for hydroxylation is 1. The van der Waals surface area contributed by atoms with Gasteiger partial charge in [-0.3, -0.25) is 9.59 Å². The molecule has 1 fully saturated rings. The summed E-state index contributed by atoms with van der Waals surface area (Å²) in [5.41, 5.74) is 3.66. The number of fused-ring (bicyclic) bond motifs is 1. The van der Waals surface area contributed by atoms with Gasteiger partial charge in [-0.25, -0.2) is 0 Å². The van der Waals surface area contributed by atoms with Crippen molar-refractivity contribution >= 4 is 28.2 Å². The number of hydrogen-bond donors (Lipinski definition) is 1. The van der Waals surface area contributed by atoms with E-state index in [1.54, 1.807) is 25.3 Å². The van der Waals surface area contributed by atoms with Gasteiger partial charge in [-0.1, -0.05) is 36.4 Å². The fraction of sp³-hybridized carbons (Fsp3) is 0.241. The Morgan fingerprint density at radius 3 is 2.31 bits per heavy atom. The third-order valence-electron chi connectivity index (χ3n) is 6.50. The van der Waals surface area contributed by atoms with Crippen LogP contribution in [-0.2, 0) is 0 Å². The van der Waals surface area contributed by atoms with Crippen molar-refractivity contribution < 1.29 is 19.1 Å². The summed E-state index contributed by atoms with van der Waals surface area (Å²) in [6.45, 7) is 3.87. The second kappa shape index (κ2) is 9.29. The van der Waals surface area contributed by atoms with Crippen LogP contribution in [0.15, 0.2) is 66.7 Å². The molecule has 6 nitrogen and oxygen atoms in total. The van der Waals surface area contributed by atoms with E-state index in [4.69, 9.17) is 9.47 Å². The van der Waals surface area contributed by atoms with Crippen LogP contribution in [-0.4, -0.2) is 30.0 Å². The van der Waals surface area contributed by atoms with Gasteiger partial charge in [-0.15, -0.1) is 0 Å². The summed E-state index contributed by atoms with van der Waals surface area (Å²) in [5, 5.41) is 4.74. The molecular weight excluding hydrogens is 440 g/mol. The van der Waals surface area contributed by atoms with Crippen molar-refractivity contribution in [1.29, 1.82) is 0 Å². The molecule has 1 aliphatic rings. The van der Waals surface area contributed by atoms with Crippen LogP contribution in [0.5, 0.6) is 11.5 Å². The maximum atomic E-state index is 13.3. The monoisotopic (exact) mass is 468 g/mol. The van der Waals surface area contributed by atoms with Crippen molar-refractivity contribution in [3.8, 4) is 11.5 Å². The van der Waals surface area contributed by atoms with Crippen molar-refractivity contribution in [2.24, 2.45) is 0 Å². The van der Waals surface area contributed by atoms with Crippen molar-refractivity contribution in [2.75, 3.05) is 19.0 Å². The fourth-order valence-corrected chi connectivity index (χ4v) is 4.63. The first-order valence-corrected chi connectivity index (χ1v) is 11.8. The van der Waals surface area contributed by atoms with Gasteiger partial charge in [0.2, 0.25) is 5.78 Å². The number of methoxy groups -OCH3 is 1. The molecule has 1 N–H and O–H groups in total. The first-order valence-electron chi connectivity index (χ1n) is 11.8. The average molecular weight is 469 g/mol. The van der Waals surface area contributed by atoms with Crippen LogP contribution in [0.2, 0.25) is 0 Å². The van der Waals surface area contributed by atoms with E-state index in [0.717, 1.165) is 35.0 Å². The lowest BCUT2D eigenvalue weighted by atomic mass is 10.0. The average Bonchev–Trinajstić information content (AvgIpc) is 3.65. The largest absolute Gasteiger partial charge is 0.495 e. The highest BCUT2D eigenvalue weighted by Gasteiger charge is 2.28. The maximum Gasteiger partial charge on any atom is 0.259 e. The molecule has 1 amide bonds. The molecule has 1 heterocycles. The molecule has 0 spiro atoms. The molecule has 1 aromatic heterocycles. The first-order chi connectivity index (χ1) is 17.0. The fourth-order valence-electron chi connectivity index (χ4n) is 4.63. The number of ether oxygens (including phenoxy) is 2. The van der Waals surface area contributed by atoms with Crippen LogP contribution in [0, 0.1) is 13.8 Å². The molecule has 1 saturated carbocycles. The molecule has 5 rings (SSSR count). The minimum Gasteiger partial charge on any atom is -0.495 e. The number of amides is 1. The predicted molar refractivity (Wildman–Crippen MR) is 137 cm³/mol. The summed E-state index contributed by atoms with van der Waals surface area (Å²) in [4.78, 5) is 26.4. The number of aromatic nitrogens is 1. The molecule has 35 heavy (non-hydrogen) atoms. The van der Waals surface area contributed by atoms with Gasteiger partial charge in [-0.05, 0) is 67.8 Å². The summed E-state index contributed by atoms with van der Waals surface area (Å²) in [7, 11) is 1.56. The Morgan fingerprint density at radius 1 is 0.914 bits per heavy atom. The van der Waals surface area contributed by atoms with Gasteiger partial charge in [0.25, 0.3) is 5.91 Å². The number of carbonyl (C=O) groups excluding carboxylic acids is 2. The van der Waals surface area contributed by atoms with E-state index in [0.29, 0.717) is 34.4 Å². The minimum atomic E-state index is -0.338. The molecule has 0 unspecified atom stereocenters. The van der Waals surface area contributed by atoms with E-state index < -0.39 is 0 Å². The van der Waals surface area contributed by atoms with Gasteiger partial charge in [-0.2, -0.15) is 0 Å². The van der Waals surface area contributed by atoms with E-state index in [1.165, 1.54) is 0 Å². The van der Waals surface area contributed by atoms with Gasteiger partial charge in [0, 0.05) is 23.0 Å². The number of Topliss-reactive ketones (excluding diaryl/α,β-unsaturated/α-hetero) is 1. The number of anilines is 1. The Balaban J connectivity index is 1.43. The number of hydrogen-bond acceptors (Lipinski definition) is 4. The van der Waals surface area contributed by atoms with Crippen molar-refractivity contribution in [1.82, 2.24) is 4.57 Å². The molecule has 178 valence electrons. The van der Waals surface area contributed by atoms with E-state index in [2.05, 4.69) is 9.88 Å². The second-order valence-corrected chi connectivity index (χ2v) is 8.95. The highest BCUT2D eigenvalue weighted by molar-refractivity contribution is 6.09. The maximum absolute atomic E-state index is 13.3. The molecule has 6 heteroatoms. The number of rotatable bonds is 8. The number of nitrogens with one attached hydrogen (secondary N) is 1. The number of para-hydroxylation sites is 2. The van der Waals surface area contributed by atoms with Gasteiger partial charge in [0.1, 0.15) is 11.5 Å². The third-order valence-corrected chi connectivity index (χ3v) is 6.50. The topological polar surface area (TPSA) is 69.6 Å². The highest BCUT2D eigenvalue weighted by Crippen LogP contribution is 2.38. The summed E-state index contributed by atoms with van der Waals surface area (Å²) in [6.07, 6.45) is 2.31. The van der Waals surface area contributed by atoms with E-state index in [9.17, 15) is 9.59 Å². The molecule has 0 aliphatic heterocycles. The van der Waals surface area contributed by atoms with Crippen LogP contribution in [0.3, 0.4) is 0 Å². The number of ketones is 1. The molecule has 0 atom stereocenters. The van der Waals surface area contributed by atoms with Crippen LogP contribution >= 0.6 is 0 Å².